The fourth-order valence-corrected chi connectivity index (χ4v) is 2.49. The zero-order chi connectivity index (χ0) is 15.5. The quantitative estimate of drug-likeness (QED) is 0.776. The minimum atomic E-state index is 0.128. The molecule has 110 valence electrons. The van der Waals surface area contributed by atoms with Crippen LogP contribution in [0.2, 0.25) is 5.02 Å². The lowest BCUT2D eigenvalue weighted by molar-refractivity contribution is 0.995. The molecule has 1 aromatic heterocycles. The van der Waals surface area contributed by atoms with E-state index in [1.165, 1.54) is 0 Å². The normalized spacial score (nSPS) is 10.6. The molecule has 0 aliphatic heterocycles. The van der Waals surface area contributed by atoms with Gasteiger partial charge in [0.25, 0.3) is 0 Å². The van der Waals surface area contributed by atoms with Gasteiger partial charge in [-0.2, -0.15) is 0 Å². The molecule has 0 unspecified atom stereocenters. The summed E-state index contributed by atoms with van der Waals surface area (Å²) in [6.45, 7) is 0.393. The Morgan fingerprint density at radius 1 is 0.909 bits per heavy atom. The van der Waals surface area contributed by atoms with Crippen LogP contribution in [0.25, 0.3) is 22.5 Å². The Bertz CT molecular complexity index is 805. The molecular formula is C16H14ClN5. The van der Waals surface area contributed by atoms with Crippen molar-refractivity contribution in [2.45, 2.75) is 6.54 Å². The Balaban J connectivity index is 2.21. The fourth-order valence-electron chi connectivity index (χ4n) is 2.24. The van der Waals surface area contributed by atoms with Gasteiger partial charge in [0.05, 0.1) is 0 Å². The highest BCUT2D eigenvalue weighted by atomic mass is 35.5. The highest BCUT2D eigenvalue weighted by Gasteiger charge is 2.13. The molecule has 0 amide bonds. The maximum atomic E-state index is 6.16. The van der Waals surface area contributed by atoms with Crippen molar-refractivity contribution in [2.75, 3.05) is 5.73 Å². The van der Waals surface area contributed by atoms with E-state index >= 15 is 0 Å². The lowest BCUT2D eigenvalue weighted by Crippen LogP contribution is -2.03. The number of anilines is 1. The van der Waals surface area contributed by atoms with Crippen molar-refractivity contribution in [1.29, 1.82) is 0 Å². The van der Waals surface area contributed by atoms with Gasteiger partial charge in [0.1, 0.15) is 11.4 Å². The molecule has 6 heteroatoms. The Morgan fingerprint density at radius 3 is 2.41 bits per heavy atom. The van der Waals surface area contributed by atoms with E-state index in [2.05, 4.69) is 15.2 Å². The first-order valence-electron chi connectivity index (χ1n) is 6.73. The largest absolute Gasteiger partial charge is 0.366 e. The third-order valence-electron chi connectivity index (χ3n) is 3.22. The van der Waals surface area contributed by atoms with Crippen molar-refractivity contribution in [2.24, 2.45) is 5.73 Å². The molecule has 22 heavy (non-hydrogen) atoms. The molecule has 0 bridgehead atoms. The smallest absolute Gasteiger partial charge is 0.240 e. The summed E-state index contributed by atoms with van der Waals surface area (Å²) in [5, 5.41) is 8.67. The third kappa shape index (κ3) is 2.90. The van der Waals surface area contributed by atoms with Gasteiger partial charge in [-0.05, 0) is 23.8 Å². The van der Waals surface area contributed by atoms with Crippen molar-refractivity contribution in [3.05, 3.63) is 59.1 Å². The Labute approximate surface area is 133 Å². The molecule has 2 aromatic carbocycles. The molecule has 0 aliphatic rings. The second kappa shape index (κ2) is 6.09. The lowest BCUT2D eigenvalue weighted by Gasteiger charge is -2.09. The molecule has 5 nitrogen and oxygen atoms in total. The van der Waals surface area contributed by atoms with Crippen LogP contribution < -0.4 is 11.5 Å². The Morgan fingerprint density at radius 2 is 1.68 bits per heavy atom. The highest BCUT2D eigenvalue weighted by molar-refractivity contribution is 6.31. The van der Waals surface area contributed by atoms with Crippen LogP contribution in [-0.2, 0) is 6.54 Å². The first-order chi connectivity index (χ1) is 10.7. The van der Waals surface area contributed by atoms with Crippen molar-refractivity contribution >= 4 is 17.5 Å². The van der Waals surface area contributed by atoms with E-state index in [4.69, 9.17) is 23.1 Å². The second-order valence-electron chi connectivity index (χ2n) is 4.79. The number of nitrogen functional groups attached to an aromatic ring is 1. The van der Waals surface area contributed by atoms with Crippen LogP contribution in [0.4, 0.5) is 5.95 Å². The summed E-state index contributed by atoms with van der Waals surface area (Å²) in [7, 11) is 0. The number of nitrogens with two attached hydrogens (primary N) is 2. The van der Waals surface area contributed by atoms with E-state index < -0.39 is 0 Å². The van der Waals surface area contributed by atoms with Gasteiger partial charge in [0.15, 0.2) is 0 Å². The van der Waals surface area contributed by atoms with Gasteiger partial charge in [0, 0.05) is 22.7 Å². The number of halogens is 1. The van der Waals surface area contributed by atoms with Crippen LogP contribution in [0.15, 0.2) is 48.5 Å². The van der Waals surface area contributed by atoms with E-state index in [9.17, 15) is 0 Å². The Kier molecular flexibility index (Phi) is 4.00. The molecule has 1 heterocycles. The third-order valence-corrected chi connectivity index (χ3v) is 3.44. The highest BCUT2D eigenvalue weighted by Crippen LogP contribution is 2.30. The van der Waals surface area contributed by atoms with Crippen LogP contribution >= 0.6 is 11.6 Å². The summed E-state index contributed by atoms with van der Waals surface area (Å²) in [6, 6.07) is 15.3. The summed E-state index contributed by atoms with van der Waals surface area (Å²) in [5.41, 5.74) is 15.3. The molecular weight excluding hydrogens is 298 g/mol. The van der Waals surface area contributed by atoms with Crippen molar-refractivity contribution in [1.82, 2.24) is 15.2 Å². The number of rotatable bonds is 3. The molecule has 0 atom stereocenters. The van der Waals surface area contributed by atoms with Gasteiger partial charge in [-0.25, -0.2) is 4.98 Å². The van der Waals surface area contributed by atoms with E-state index in [0.717, 1.165) is 16.7 Å². The van der Waals surface area contributed by atoms with Gasteiger partial charge < -0.3 is 11.5 Å². The van der Waals surface area contributed by atoms with E-state index in [1.807, 2.05) is 48.5 Å². The number of hydrogen-bond donors (Lipinski definition) is 2. The standard InChI is InChI=1S/C16H14ClN5/c17-13-7-10(9-18)6-12(8-13)15-14(20-16(19)22-21-15)11-4-2-1-3-5-11/h1-8H,9,18H2,(H2,19,20,22). The maximum Gasteiger partial charge on any atom is 0.240 e. The summed E-state index contributed by atoms with van der Waals surface area (Å²) in [6.07, 6.45) is 0. The predicted molar refractivity (Wildman–Crippen MR) is 88.0 cm³/mol. The van der Waals surface area contributed by atoms with E-state index in [-0.39, 0.29) is 5.95 Å². The van der Waals surface area contributed by atoms with Crippen LogP contribution in [0.1, 0.15) is 5.56 Å². The molecule has 0 spiro atoms. The summed E-state index contributed by atoms with van der Waals surface area (Å²) in [5.74, 6) is 0.128. The summed E-state index contributed by atoms with van der Waals surface area (Å²) in [4.78, 5) is 4.33. The number of hydrogen-bond acceptors (Lipinski definition) is 5. The van der Waals surface area contributed by atoms with Gasteiger partial charge in [0.2, 0.25) is 5.95 Å². The first-order valence-corrected chi connectivity index (χ1v) is 7.10. The maximum absolute atomic E-state index is 6.16. The molecule has 3 aromatic rings. The van der Waals surface area contributed by atoms with Crippen LogP contribution in [-0.4, -0.2) is 15.2 Å². The molecule has 0 saturated heterocycles. The lowest BCUT2D eigenvalue weighted by atomic mass is 10.0. The topological polar surface area (TPSA) is 90.7 Å². The number of benzene rings is 2. The second-order valence-corrected chi connectivity index (χ2v) is 5.22. The van der Waals surface area contributed by atoms with Crippen LogP contribution in [0.5, 0.6) is 0 Å². The summed E-state index contributed by atoms with van der Waals surface area (Å²) >= 11 is 6.16. The molecule has 3 rings (SSSR count). The average Bonchev–Trinajstić information content (AvgIpc) is 2.55. The van der Waals surface area contributed by atoms with E-state index in [1.54, 1.807) is 0 Å². The number of aromatic nitrogens is 3. The molecule has 0 fully saturated rings. The summed E-state index contributed by atoms with van der Waals surface area (Å²) < 4.78 is 0. The molecule has 4 N–H and O–H groups in total. The minimum Gasteiger partial charge on any atom is -0.366 e. The van der Waals surface area contributed by atoms with Crippen LogP contribution in [0, 0.1) is 0 Å². The number of nitrogens with zero attached hydrogens (tertiary/aromatic N) is 3. The van der Waals surface area contributed by atoms with Gasteiger partial charge in [-0.15, -0.1) is 10.2 Å². The van der Waals surface area contributed by atoms with Crippen molar-refractivity contribution in [3.8, 4) is 22.5 Å². The van der Waals surface area contributed by atoms with Crippen molar-refractivity contribution < 1.29 is 0 Å². The monoisotopic (exact) mass is 311 g/mol. The van der Waals surface area contributed by atoms with Crippen molar-refractivity contribution in [3.63, 3.8) is 0 Å². The van der Waals surface area contributed by atoms with Gasteiger partial charge >= 0.3 is 0 Å². The predicted octanol–water partition coefficient (Wildman–Crippen LogP) is 2.90. The zero-order valence-corrected chi connectivity index (χ0v) is 12.5. The van der Waals surface area contributed by atoms with E-state index in [0.29, 0.717) is 23.0 Å². The minimum absolute atomic E-state index is 0.128. The molecule has 0 saturated carbocycles. The molecule has 0 aliphatic carbocycles. The van der Waals surface area contributed by atoms with Gasteiger partial charge in [-0.1, -0.05) is 41.9 Å². The Hall–Kier alpha value is -2.50. The first kappa shape index (κ1) is 14.4. The molecule has 0 radical (unpaired) electrons. The average molecular weight is 312 g/mol. The fraction of sp³-hybridized carbons (Fsp3) is 0.0625. The SMILES string of the molecule is NCc1cc(Cl)cc(-c2nnc(N)nc2-c2ccccc2)c1. The van der Waals surface area contributed by atoms with Crippen LogP contribution in [0.3, 0.4) is 0 Å². The zero-order valence-electron chi connectivity index (χ0n) is 11.7. The van der Waals surface area contributed by atoms with Gasteiger partial charge in [-0.3, -0.25) is 0 Å².